The van der Waals surface area contributed by atoms with E-state index >= 15 is 0 Å². The summed E-state index contributed by atoms with van der Waals surface area (Å²) in [6, 6.07) is 10.9. The highest BCUT2D eigenvalue weighted by molar-refractivity contribution is 5.68. The second-order valence-electron chi connectivity index (χ2n) is 7.09. The van der Waals surface area contributed by atoms with Gasteiger partial charge in [0, 0.05) is 18.6 Å². The number of amides is 1. The zero-order valence-corrected chi connectivity index (χ0v) is 14.1. The number of rotatable bonds is 3. The Morgan fingerprint density at radius 1 is 1.32 bits per heavy atom. The molecule has 0 bridgehead atoms. The van der Waals surface area contributed by atoms with Gasteiger partial charge in [0.25, 0.3) is 0 Å². The van der Waals surface area contributed by atoms with Crippen LogP contribution in [0, 0.1) is 0 Å². The smallest absolute Gasteiger partial charge is 0.407 e. The van der Waals surface area contributed by atoms with Gasteiger partial charge in [0.05, 0.1) is 0 Å². The summed E-state index contributed by atoms with van der Waals surface area (Å²) in [6.07, 6.45) is 1.79. The normalized spacial score (nSPS) is 23.1. The SMILES string of the molecule is CC1C(NC(=O)OC(C)(C)C)CCCN1Cc1ccccc1. The third kappa shape index (κ3) is 5.02. The first-order valence-corrected chi connectivity index (χ1v) is 8.12. The van der Waals surface area contributed by atoms with Crippen LogP contribution in [0.25, 0.3) is 0 Å². The van der Waals surface area contributed by atoms with Crippen molar-refractivity contribution in [2.24, 2.45) is 0 Å². The maximum atomic E-state index is 12.0. The van der Waals surface area contributed by atoms with Gasteiger partial charge in [0.15, 0.2) is 0 Å². The Kier molecular flexibility index (Phi) is 5.46. The van der Waals surface area contributed by atoms with Gasteiger partial charge in [-0.1, -0.05) is 30.3 Å². The number of hydrogen-bond donors (Lipinski definition) is 1. The first-order chi connectivity index (χ1) is 10.3. The van der Waals surface area contributed by atoms with Crippen molar-refractivity contribution < 1.29 is 9.53 Å². The third-order valence-corrected chi connectivity index (χ3v) is 4.05. The molecular formula is C18H28N2O2. The number of piperidine rings is 1. The van der Waals surface area contributed by atoms with Crippen LogP contribution in [0.4, 0.5) is 4.79 Å². The molecule has 1 aliphatic rings. The molecule has 0 aromatic heterocycles. The molecule has 1 heterocycles. The van der Waals surface area contributed by atoms with Crippen molar-refractivity contribution in [2.45, 2.75) is 64.8 Å². The molecule has 2 atom stereocenters. The summed E-state index contributed by atoms with van der Waals surface area (Å²) < 4.78 is 5.37. The monoisotopic (exact) mass is 304 g/mol. The van der Waals surface area contributed by atoms with E-state index in [2.05, 4.69) is 41.4 Å². The molecule has 4 heteroatoms. The van der Waals surface area contributed by atoms with Crippen molar-refractivity contribution in [3.63, 3.8) is 0 Å². The summed E-state index contributed by atoms with van der Waals surface area (Å²) in [5.74, 6) is 0. The molecule has 1 fully saturated rings. The topological polar surface area (TPSA) is 41.6 Å². The van der Waals surface area contributed by atoms with Crippen LogP contribution in [0.15, 0.2) is 30.3 Å². The van der Waals surface area contributed by atoms with Gasteiger partial charge >= 0.3 is 6.09 Å². The van der Waals surface area contributed by atoms with E-state index in [1.807, 2.05) is 26.8 Å². The predicted molar refractivity (Wildman–Crippen MR) is 88.7 cm³/mol. The minimum atomic E-state index is -0.453. The minimum Gasteiger partial charge on any atom is -0.444 e. The lowest BCUT2D eigenvalue weighted by molar-refractivity contribution is 0.0416. The molecule has 0 aliphatic carbocycles. The first kappa shape index (κ1) is 16.8. The van der Waals surface area contributed by atoms with Crippen molar-refractivity contribution in [1.82, 2.24) is 10.2 Å². The lowest BCUT2D eigenvalue weighted by Gasteiger charge is -2.39. The van der Waals surface area contributed by atoms with E-state index in [0.29, 0.717) is 6.04 Å². The second kappa shape index (κ2) is 7.14. The third-order valence-electron chi connectivity index (χ3n) is 4.05. The largest absolute Gasteiger partial charge is 0.444 e. The van der Waals surface area contributed by atoms with Crippen LogP contribution in [-0.2, 0) is 11.3 Å². The fourth-order valence-electron chi connectivity index (χ4n) is 2.91. The highest BCUT2D eigenvalue weighted by Crippen LogP contribution is 2.20. The number of carbonyl (C=O) groups is 1. The van der Waals surface area contributed by atoms with Gasteiger partial charge in [-0.15, -0.1) is 0 Å². The maximum Gasteiger partial charge on any atom is 0.407 e. The molecular weight excluding hydrogens is 276 g/mol. The molecule has 2 rings (SSSR count). The summed E-state index contributed by atoms with van der Waals surface area (Å²) in [4.78, 5) is 14.4. The number of likely N-dealkylation sites (tertiary alicyclic amines) is 1. The molecule has 1 amide bonds. The van der Waals surface area contributed by atoms with Crippen LogP contribution in [0.5, 0.6) is 0 Å². The van der Waals surface area contributed by atoms with Gasteiger partial charge in [0.2, 0.25) is 0 Å². The molecule has 0 radical (unpaired) electrons. The molecule has 1 aliphatic heterocycles. The quantitative estimate of drug-likeness (QED) is 0.928. The van der Waals surface area contributed by atoms with E-state index in [0.717, 1.165) is 25.9 Å². The van der Waals surface area contributed by atoms with Gasteiger partial charge in [-0.05, 0) is 52.6 Å². The van der Waals surface area contributed by atoms with Crippen molar-refractivity contribution in [3.8, 4) is 0 Å². The van der Waals surface area contributed by atoms with Gasteiger partial charge in [-0.3, -0.25) is 4.90 Å². The molecule has 1 aromatic carbocycles. The van der Waals surface area contributed by atoms with Gasteiger partial charge < -0.3 is 10.1 Å². The predicted octanol–water partition coefficient (Wildman–Crippen LogP) is 3.56. The number of carbonyl (C=O) groups excluding carboxylic acids is 1. The fraction of sp³-hybridized carbons (Fsp3) is 0.611. The Hall–Kier alpha value is -1.55. The van der Waals surface area contributed by atoms with Crippen LogP contribution >= 0.6 is 0 Å². The Labute approximate surface area is 133 Å². The Morgan fingerprint density at radius 2 is 2.00 bits per heavy atom. The molecule has 1 aromatic rings. The molecule has 122 valence electrons. The number of ether oxygens (including phenoxy) is 1. The van der Waals surface area contributed by atoms with E-state index in [4.69, 9.17) is 4.74 Å². The summed E-state index contributed by atoms with van der Waals surface area (Å²) >= 11 is 0. The van der Waals surface area contributed by atoms with E-state index < -0.39 is 5.60 Å². The summed E-state index contributed by atoms with van der Waals surface area (Å²) in [5, 5.41) is 3.04. The minimum absolute atomic E-state index is 0.146. The lowest BCUT2D eigenvalue weighted by atomic mass is 9.97. The summed E-state index contributed by atoms with van der Waals surface area (Å²) in [6.45, 7) is 9.84. The Bertz CT molecular complexity index is 482. The Balaban J connectivity index is 1.92. The van der Waals surface area contributed by atoms with Crippen molar-refractivity contribution >= 4 is 6.09 Å². The second-order valence-corrected chi connectivity index (χ2v) is 7.09. The van der Waals surface area contributed by atoms with Crippen LogP contribution in [0.1, 0.15) is 46.1 Å². The van der Waals surface area contributed by atoms with Gasteiger partial charge in [0.1, 0.15) is 5.60 Å². The maximum absolute atomic E-state index is 12.0. The van der Waals surface area contributed by atoms with E-state index in [1.165, 1.54) is 5.56 Å². The van der Waals surface area contributed by atoms with Gasteiger partial charge in [-0.2, -0.15) is 0 Å². The standard InChI is InChI=1S/C18H28N2O2/c1-14-16(19-17(21)22-18(2,3)4)11-8-12-20(14)13-15-9-6-5-7-10-15/h5-7,9-10,14,16H,8,11-13H2,1-4H3,(H,19,21). The molecule has 0 saturated carbocycles. The molecule has 1 N–H and O–H groups in total. The zero-order valence-electron chi connectivity index (χ0n) is 14.1. The summed E-state index contributed by atoms with van der Waals surface area (Å²) in [5.41, 5.74) is 0.860. The van der Waals surface area contributed by atoms with Crippen LogP contribution in [0.3, 0.4) is 0 Å². The number of nitrogens with zero attached hydrogens (tertiary/aromatic N) is 1. The summed E-state index contributed by atoms with van der Waals surface area (Å²) in [7, 11) is 0. The first-order valence-electron chi connectivity index (χ1n) is 8.12. The lowest BCUT2D eigenvalue weighted by Crippen LogP contribution is -2.54. The number of hydrogen-bond acceptors (Lipinski definition) is 3. The number of alkyl carbamates (subject to hydrolysis) is 1. The van der Waals surface area contributed by atoms with E-state index in [9.17, 15) is 4.79 Å². The highest BCUT2D eigenvalue weighted by Gasteiger charge is 2.30. The van der Waals surface area contributed by atoms with Crippen LogP contribution in [0.2, 0.25) is 0 Å². The fourth-order valence-corrected chi connectivity index (χ4v) is 2.91. The zero-order chi connectivity index (χ0) is 16.2. The number of benzene rings is 1. The molecule has 4 nitrogen and oxygen atoms in total. The molecule has 22 heavy (non-hydrogen) atoms. The number of nitrogens with one attached hydrogen (secondary N) is 1. The van der Waals surface area contributed by atoms with E-state index in [-0.39, 0.29) is 12.1 Å². The van der Waals surface area contributed by atoms with E-state index in [1.54, 1.807) is 0 Å². The van der Waals surface area contributed by atoms with Crippen molar-refractivity contribution in [2.75, 3.05) is 6.54 Å². The highest BCUT2D eigenvalue weighted by atomic mass is 16.6. The van der Waals surface area contributed by atoms with Crippen LogP contribution < -0.4 is 5.32 Å². The average Bonchev–Trinajstić information content (AvgIpc) is 2.42. The van der Waals surface area contributed by atoms with Crippen LogP contribution in [-0.4, -0.2) is 35.2 Å². The average molecular weight is 304 g/mol. The molecule has 0 spiro atoms. The van der Waals surface area contributed by atoms with Crippen molar-refractivity contribution in [1.29, 1.82) is 0 Å². The van der Waals surface area contributed by atoms with Gasteiger partial charge in [-0.25, -0.2) is 4.79 Å². The van der Waals surface area contributed by atoms with Crippen molar-refractivity contribution in [3.05, 3.63) is 35.9 Å². The Morgan fingerprint density at radius 3 is 2.64 bits per heavy atom. The molecule has 1 saturated heterocycles. The molecule has 2 unspecified atom stereocenters.